The van der Waals surface area contributed by atoms with Crippen LogP contribution in [0.1, 0.15) is 24.0 Å². The fourth-order valence-corrected chi connectivity index (χ4v) is 3.43. The van der Waals surface area contributed by atoms with Gasteiger partial charge in [0.1, 0.15) is 12.8 Å². The molecule has 3 rings (SSSR count). The standard InChI is InChI=1S/C21H24FNO3/c22-13-15-23-14-7-12-19(16-23)26-20(24)21(25,17-8-3-1-4-9-17)18-10-5-2-6-11-18/h1-6,8-11,19,25H,7,12-16H2/t19-/m1/s1. The first kappa shape index (κ1) is 18.5. The Kier molecular flexibility index (Phi) is 6.01. The Hall–Kier alpha value is -2.24. The first-order valence-corrected chi connectivity index (χ1v) is 8.97. The molecule has 0 unspecified atom stereocenters. The molecule has 1 N–H and O–H groups in total. The van der Waals surface area contributed by atoms with Crippen LogP contribution < -0.4 is 0 Å². The summed E-state index contributed by atoms with van der Waals surface area (Å²) in [5, 5.41) is 11.4. The maximum Gasteiger partial charge on any atom is 0.348 e. The summed E-state index contributed by atoms with van der Waals surface area (Å²) in [7, 11) is 0. The number of rotatable bonds is 6. The fourth-order valence-electron chi connectivity index (χ4n) is 3.43. The smallest absolute Gasteiger partial charge is 0.348 e. The van der Waals surface area contributed by atoms with Crippen molar-refractivity contribution in [2.24, 2.45) is 0 Å². The zero-order valence-electron chi connectivity index (χ0n) is 14.7. The first-order valence-electron chi connectivity index (χ1n) is 8.97. The number of alkyl halides is 1. The van der Waals surface area contributed by atoms with Gasteiger partial charge < -0.3 is 9.84 Å². The zero-order chi connectivity index (χ0) is 18.4. The lowest BCUT2D eigenvalue weighted by Gasteiger charge is -2.34. The molecule has 26 heavy (non-hydrogen) atoms. The first-order chi connectivity index (χ1) is 12.6. The van der Waals surface area contributed by atoms with Crippen molar-refractivity contribution >= 4 is 5.97 Å². The van der Waals surface area contributed by atoms with Crippen LogP contribution in [-0.2, 0) is 15.1 Å². The molecule has 1 heterocycles. The number of esters is 1. The van der Waals surface area contributed by atoms with E-state index in [0.717, 1.165) is 13.0 Å². The normalized spacial score (nSPS) is 18.5. The molecule has 0 saturated carbocycles. The minimum atomic E-state index is -1.87. The van der Waals surface area contributed by atoms with E-state index in [1.165, 1.54) is 0 Å². The lowest BCUT2D eigenvalue weighted by Crippen LogP contribution is -2.46. The van der Waals surface area contributed by atoms with Crippen LogP contribution in [0.5, 0.6) is 0 Å². The summed E-state index contributed by atoms with van der Waals surface area (Å²) in [5.41, 5.74) is -0.939. The van der Waals surface area contributed by atoms with Crippen LogP contribution in [0, 0.1) is 0 Å². The summed E-state index contributed by atoms with van der Waals surface area (Å²) in [5.74, 6) is -0.693. The number of ether oxygens (including phenoxy) is 1. The van der Waals surface area contributed by atoms with Gasteiger partial charge in [0.05, 0.1) is 0 Å². The van der Waals surface area contributed by atoms with Gasteiger partial charge in [-0.2, -0.15) is 0 Å². The van der Waals surface area contributed by atoms with Crippen LogP contribution in [0.2, 0.25) is 0 Å². The summed E-state index contributed by atoms with van der Waals surface area (Å²) in [6.45, 7) is 1.23. The average Bonchev–Trinajstić information content (AvgIpc) is 2.69. The molecule has 2 aromatic carbocycles. The van der Waals surface area contributed by atoms with Gasteiger partial charge in [0.25, 0.3) is 0 Å². The van der Waals surface area contributed by atoms with E-state index in [0.29, 0.717) is 30.6 Å². The zero-order valence-corrected chi connectivity index (χ0v) is 14.7. The number of piperidine rings is 1. The molecule has 0 bridgehead atoms. The molecular weight excluding hydrogens is 333 g/mol. The van der Waals surface area contributed by atoms with Gasteiger partial charge in [-0.05, 0) is 30.5 Å². The number of halogens is 1. The third-order valence-corrected chi connectivity index (χ3v) is 4.82. The van der Waals surface area contributed by atoms with Crippen molar-refractivity contribution in [1.82, 2.24) is 4.90 Å². The maximum absolute atomic E-state index is 13.0. The van der Waals surface area contributed by atoms with Gasteiger partial charge in [0.15, 0.2) is 0 Å². The number of hydrogen-bond donors (Lipinski definition) is 1. The third-order valence-electron chi connectivity index (χ3n) is 4.82. The van der Waals surface area contributed by atoms with Gasteiger partial charge in [-0.1, -0.05) is 60.7 Å². The number of carbonyl (C=O) groups is 1. The van der Waals surface area contributed by atoms with E-state index in [1.807, 2.05) is 17.0 Å². The Balaban J connectivity index is 1.84. The molecule has 1 aliphatic heterocycles. The summed E-state index contributed by atoms with van der Waals surface area (Å²) in [4.78, 5) is 15.0. The predicted octanol–water partition coefficient (Wildman–Crippen LogP) is 2.90. The molecule has 0 aliphatic carbocycles. The molecule has 138 valence electrons. The van der Waals surface area contributed by atoms with E-state index < -0.39 is 18.2 Å². The molecule has 0 amide bonds. The highest BCUT2D eigenvalue weighted by Gasteiger charge is 2.43. The summed E-state index contributed by atoms with van der Waals surface area (Å²) in [6.07, 6.45) is 1.21. The van der Waals surface area contributed by atoms with Crippen molar-refractivity contribution in [2.75, 3.05) is 26.3 Å². The number of hydrogen-bond acceptors (Lipinski definition) is 4. The maximum atomic E-state index is 13.0. The Bertz CT molecular complexity index is 666. The summed E-state index contributed by atoms with van der Waals surface area (Å²) < 4.78 is 18.3. The van der Waals surface area contributed by atoms with Gasteiger partial charge in [-0.3, -0.25) is 4.90 Å². The van der Waals surface area contributed by atoms with Crippen molar-refractivity contribution in [3.05, 3.63) is 71.8 Å². The minimum absolute atomic E-state index is 0.343. The SMILES string of the molecule is O=C(O[C@@H]1CCCN(CCF)C1)C(O)(c1ccccc1)c1ccccc1. The van der Waals surface area contributed by atoms with Crippen molar-refractivity contribution in [2.45, 2.75) is 24.5 Å². The highest BCUT2D eigenvalue weighted by molar-refractivity contribution is 5.85. The molecule has 2 aromatic rings. The van der Waals surface area contributed by atoms with Crippen molar-refractivity contribution in [3.63, 3.8) is 0 Å². The summed E-state index contributed by atoms with van der Waals surface area (Å²) in [6, 6.07) is 17.6. The fraction of sp³-hybridized carbons (Fsp3) is 0.381. The Morgan fingerprint density at radius 2 is 1.69 bits per heavy atom. The molecule has 0 radical (unpaired) electrons. The average molecular weight is 357 g/mol. The molecule has 0 spiro atoms. The molecule has 4 nitrogen and oxygen atoms in total. The molecule has 0 aromatic heterocycles. The second kappa shape index (κ2) is 8.43. The second-order valence-electron chi connectivity index (χ2n) is 6.60. The Morgan fingerprint density at radius 1 is 1.12 bits per heavy atom. The van der Waals surface area contributed by atoms with E-state index >= 15 is 0 Å². The predicted molar refractivity (Wildman–Crippen MR) is 97.4 cm³/mol. The lowest BCUT2D eigenvalue weighted by molar-refractivity contribution is -0.170. The number of carbonyl (C=O) groups excluding carboxylic acids is 1. The number of benzene rings is 2. The van der Waals surface area contributed by atoms with Gasteiger partial charge in [0.2, 0.25) is 5.60 Å². The van der Waals surface area contributed by atoms with Gasteiger partial charge in [0, 0.05) is 13.1 Å². The van der Waals surface area contributed by atoms with E-state index in [4.69, 9.17) is 4.74 Å². The summed E-state index contributed by atoms with van der Waals surface area (Å²) >= 11 is 0. The van der Waals surface area contributed by atoms with E-state index in [1.54, 1.807) is 48.5 Å². The molecule has 1 aliphatic rings. The van der Waals surface area contributed by atoms with Crippen LogP contribution in [0.15, 0.2) is 60.7 Å². The van der Waals surface area contributed by atoms with Crippen LogP contribution in [0.25, 0.3) is 0 Å². The van der Waals surface area contributed by atoms with Gasteiger partial charge >= 0.3 is 5.97 Å². The van der Waals surface area contributed by atoms with Crippen LogP contribution in [-0.4, -0.2) is 48.4 Å². The largest absolute Gasteiger partial charge is 0.458 e. The monoisotopic (exact) mass is 357 g/mol. The number of likely N-dealkylation sites (tertiary alicyclic amines) is 1. The highest BCUT2D eigenvalue weighted by Crippen LogP contribution is 2.32. The van der Waals surface area contributed by atoms with Crippen LogP contribution >= 0.6 is 0 Å². The van der Waals surface area contributed by atoms with E-state index in [9.17, 15) is 14.3 Å². The Labute approximate surface area is 153 Å². The Morgan fingerprint density at radius 3 is 2.23 bits per heavy atom. The molecule has 5 heteroatoms. The highest BCUT2D eigenvalue weighted by atomic mass is 19.1. The van der Waals surface area contributed by atoms with Gasteiger partial charge in [-0.25, -0.2) is 9.18 Å². The molecule has 1 fully saturated rings. The second-order valence-corrected chi connectivity index (χ2v) is 6.60. The third kappa shape index (κ3) is 3.94. The van der Waals surface area contributed by atoms with Crippen molar-refractivity contribution < 1.29 is 19.0 Å². The lowest BCUT2D eigenvalue weighted by atomic mass is 9.86. The van der Waals surface area contributed by atoms with Crippen molar-refractivity contribution in [1.29, 1.82) is 0 Å². The molecule has 1 saturated heterocycles. The quantitative estimate of drug-likeness (QED) is 0.808. The van der Waals surface area contributed by atoms with Crippen molar-refractivity contribution in [3.8, 4) is 0 Å². The van der Waals surface area contributed by atoms with Crippen LogP contribution in [0.4, 0.5) is 4.39 Å². The van der Waals surface area contributed by atoms with Gasteiger partial charge in [-0.15, -0.1) is 0 Å². The number of nitrogens with zero attached hydrogens (tertiary/aromatic N) is 1. The van der Waals surface area contributed by atoms with E-state index in [-0.39, 0.29) is 6.10 Å². The molecular formula is C21H24FNO3. The number of aliphatic hydroxyl groups is 1. The minimum Gasteiger partial charge on any atom is -0.458 e. The molecule has 1 atom stereocenters. The topological polar surface area (TPSA) is 49.8 Å². The van der Waals surface area contributed by atoms with E-state index in [2.05, 4.69) is 0 Å². The van der Waals surface area contributed by atoms with Crippen LogP contribution in [0.3, 0.4) is 0 Å².